The van der Waals surface area contributed by atoms with E-state index in [1.165, 1.54) is 154 Å². The number of hydrogen-bond donors (Lipinski definition) is 0. The van der Waals surface area contributed by atoms with Gasteiger partial charge in [-0.3, -0.25) is 14.4 Å². The fourth-order valence-corrected chi connectivity index (χ4v) is 7.25. The molecule has 0 rings (SSSR count). The van der Waals surface area contributed by atoms with E-state index in [9.17, 15) is 14.4 Å². The molecular formula is C49H94O6. The third-order valence-electron chi connectivity index (χ3n) is 11.3. The fraction of sp³-hybridized carbons (Fsp3) is 0.939. The first-order chi connectivity index (χ1) is 26.8. The molecule has 0 aliphatic carbocycles. The Morgan fingerprint density at radius 1 is 0.382 bits per heavy atom. The number of ether oxygens (including phenoxy) is 3. The van der Waals surface area contributed by atoms with Crippen LogP contribution in [-0.4, -0.2) is 37.2 Å². The second-order valence-electron chi connectivity index (χ2n) is 17.5. The number of carbonyl (C=O) groups is 3. The molecule has 0 aliphatic heterocycles. The predicted octanol–water partition coefficient (Wildman–Crippen LogP) is 15.4. The standard InChI is InChI=1S/C49H94O6/c1-6-8-9-10-11-12-13-14-18-24-29-34-39-47(50)53-42-46(43-54-48(51)40-35-30-25-21-20-23-28-33-38-45(5)7-2)55-49(52)41-36-31-26-19-16-15-17-22-27-32-37-44(3)4/h44-46H,6-43H2,1-5H3/t45?,46-/m0/s1. The third kappa shape index (κ3) is 41.9. The summed E-state index contributed by atoms with van der Waals surface area (Å²) in [6, 6.07) is 0. The number of hydrogen-bond acceptors (Lipinski definition) is 6. The molecule has 0 aromatic heterocycles. The molecule has 0 fully saturated rings. The molecule has 1 unspecified atom stereocenters. The zero-order chi connectivity index (χ0) is 40.5. The summed E-state index contributed by atoms with van der Waals surface area (Å²) in [7, 11) is 0. The van der Waals surface area contributed by atoms with Crippen LogP contribution in [0.1, 0.15) is 266 Å². The van der Waals surface area contributed by atoms with Crippen molar-refractivity contribution < 1.29 is 28.6 Å². The molecule has 6 nitrogen and oxygen atoms in total. The van der Waals surface area contributed by atoms with E-state index >= 15 is 0 Å². The van der Waals surface area contributed by atoms with Gasteiger partial charge in [-0.15, -0.1) is 0 Å². The van der Waals surface area contributed by atoms with E-state index in [-0.39, 0.29) is 31.1 Å². The molecule has 0 aromatic rings. The summed E-state index contributed by atoms with van der Waals surface area (Å²) in [6.45, 7) is 11.3. The second kappa shape index (κ2) is 42.0. The molecule has 2 atom stereocenters. The molecule has 0 N–H and O–H groups in total. The normalized spacial score (nSPS) is 12.5. The predicted molar refractivity (Wildman–Crippen MR) is 233 cm³/mol. The summed E-state index contributed by atoms with van der Waals surface area (Å²) in [5.41, 5.74) is 0. The van der Waals surface area contributed by atoms with Crippen molar-refractivity contribution in [1.29, 1.82) is 0 Å². The summed E-state index contributed by atoms with van der Waals surface area (Å²) in [5.74, 6) is 0.810. The van der Waals surface area contributed by atoms with Crippen LogP contribution in [0.4, 0.5) is 0 Å². The van der Waals surface area contributed by atoms with Crippen LogP contribution in [0.3, 0.4) is 0 Å². The first-order valence-corrected chi connectivity index (χ1v) is 24.3. The summed E-state index contributed by atoms with van der Waals surface area (Å²) >= 11 is 0. The minimum atomic E-state index is -0.761. The van der Waals surface area contributed by atoms with Crippen LogP contribution < -0.4 is 0 Å². The van der Waals surface area contributed by atoms with Gasteiger partial charge in [0.1, 0.15) is 13.2 Å². The van der Waals surface area contributed by atoms with E-state index in [2.05, 4.69) is 34.6 Å². The highest BCUT2D eigenvalue weighted by atomic mass is 16.6. The Kier molecular flexibility index (Phi) is 40.8. The van der Waals surface area contributed by atoms with Gasteiger partial charge in [0.05, 0.1) is 0 Å². The summed E-state index contributed by atoms with van der Waals surface area (Å²) in [6.07, 6.45) is 40.8. The van der Waals surface area contributed by atoms with Crippen molar-refractivity contribution in [1.82, 2.24) is 0 Å². The van der Waals surface area contributed by atoms with Crippen molar-refractivity contribution in [2.75, 3.05) is 13.2 Å². The molecule has 0 spiro atoms. The van der Waals surface area contributed by atoms with Gasteiger partial charge in [0, 0.05) is 19.3 Å². The van der Waals surface area contributed by atoms with E-state index in [0.717, 1.165) is 69.6 Å². The fourth-order valence-electron chi connectivity index (χ4n) is 7.25. The van der Waals surface area contributed by atoms with Crippen molar-refractivity contribution in [3.05, 3.63) is 0 Å². The van der Waals surface area contributed by atoms with Crippen molar-refractivity contribution in [3.63, 3.8) is 0 Å². The lowest BCUT2D eigenvalue weighted by Gasteiger charge is -2.18. The summed E-state index contributed by atoms with van der Waals surface area (Å²) in [4.78, 5) is 37.8. The van der Waals surface area contributed by atoms with Gasteiger partial charge in [0.2, 0.25) is 0 Å². The van der Waals surface area contributed by atoms with Crippen molar-refractivity contribution in [3.8, 4) is 0 Å². The summed E-state index contributed by atoms with van der Waals surface area (Å²) < 4.78 is 16.8. The molecule has 0 bridgehead atoms. The Hall–Kier alpha value is -1.59. The zero-order valence-corrected chi connectivity index (χ0v) is 37.6. The van der Waals surface area contributed by atoms with Gasteiger partial charge in [-0.2, -0.15) is 0 Å². The maximum absolute atomic E-state index is 12.7. The molecule has 0 aromatic carbocycles. The van der Waals surface area contributed by atoms with Crippen LogP contribution in [-0.2, 0) is 28.6 Å². The van der Waals surface area contributed by atoms with Crippen molar-refractivity contribution in [2.24, 2.45) is 11.8 Å². The van der Waals surface area contributed by atoms with Crippen LogP contribution in [0.2, 0.25) is 0 Å². The first-order valence-electron chi connectivity index (χ1n) is 24.3. The number of unbranched alkanes of at least 4 members (excludes halogenated alkanes) is 27. The molecule has 0 amide bonds. The van der Waals surface area contributed by atoms with Gasteiger partial charge >= 0.3 is 17.9 Å². The molecule has 55 heavy (non-hydrogen) atoms. The number of carbonyl (C=O) groups excluding carboxylic acids is 3. The zero-order valence-electron chi connectivity index (χ0n) is 37.6. The van der Waals surface area contributed by atoms with Crippen LogP contribution in [0, 0.1) is 11.8 Å². The quantitative estimate of drug-likeness (QED) is 0.0348. The van der Waals surface area contributed by atoms with Gasteiger partial charge in [-0.1, -0.05) is 227 Å². The van der Waals surface area contributed by atoms with Gasteiger partial charge < -0.3 is 14.2 Å². The lowest BCUT2D eigenvalue weighted by atomic mass is 9.99. The van der Waals surface area contributed by atoms with Gasteiger partial charge in [-0.05, 0) is 31.1 Å². The minimum Gasteiger partial charge on any atom is -0.462 e. The van der Waals surface area contributed by atoms with Gasteiger partial charge in [0.25, 0.3) is 0 Å². The lowest BCUT2D eigenvalue weighted by molar-refractivity contribution is -0.167. The molecule has 326 valence electrons. The molecule has 0 saturated carbocycles. The molecular weight excluding hydrogens is 685 g/mol. The van der Waals surface area contributed by atoms with E-state index in [0.29, 0.717) is 19.3 Å². The first kappa shape index (κ1) is 53.4. The topological polar surface area (TPSA) is 78.9 Å². The monoisotopic (exact) mass is 779 g/mol. The van der Waals surface area contributed by atoms with Gasteiger partial charge in [0.15, 0.2) is 6.10 Å². The van der Waals surface area contributed by atoms with Gasteiger partial charge in [-0.25, -0.2) is 0 Å². The van der Waals surface area contributed by atoms with Crippen LogP contribution >= 0.6 is 0 Å². The Morgan fingerprint density at radius 2 is 0.691 bits per heavy atom. The second-order valence-corrected chi connectivity index (χ2v) is 17.5. The Bertz CT molecular complexity index is 841. The lowest BCUT2D eigenvalue weighted by Crippen LogP contribution is -2.30. The van der Waals surface area contributed by atoms with Crippen LogP contribution in [0.5, 0.6) is 0 Å². The van der Waals surface area contributed by atoms with Crippen LogP contribution in [0.15, 0.2) is 0 Å². The molecule has 0 saturated heterocycles. The highest BCUT2D eigenvalue weighted by Crippen LogP contribution is 2.17. The molecule has 0 heterocycles. The van der Waals surface area contributed by atoms with Crippen molar-refractivity contribution >= 4 is 17.9 Å². The average Bonchev–Trinajstić information content (AvgIpc) is 3.17. The van der Waals surface area contributed by atoms with E-state index < -0.39 is 6.10 Å². The molecule has 6 heteroatoms. The van der Waals surface area contributed by atoms with E-state index in [1.807, 2.05) is 0 Å². The summed E-state index contributed by atoms with van der Waals surface area (Å²) in [5, 5.41) is 0. The average molecular weight is 779 g/mol. The number of esters is 3. The Morgan fingerprint density at radius 3 is 1.04 bits per heavy atom. The Labute approximate surface area is 342 Å². The van der Waals surface area contributed by atoms with E-state index in [1.54, 1.807) is 0 Å². The maximum atomic E-state index is 12.7. The minimum absolute atomic E-state index is 0.0645. The maximum Gasteiger partial charge on any atom is 0.306 e. The van der Waals surface area contributed by atoms with E-state index in [4.69, 9.17) is 14.2 Å². The van der Waals surface area contributed by atoms with Crippen LogP contribution in [0.25, 0.3) is 0 Å². The molecule has 0 aliphatic rings. The highest BCUT2D eigenvalue weighted by molar-refractivity contribution is 5.71. The smallest absolute Gasteiger partial charge is 0.306 e. The highest BCUT2D eigenvalue weighted by Gasteiger charge is 2.19. The third-order valence-corrected chi connectivity index (χ3v) is 11.3. The largest absolute Gasteiger partial charge is 0.462 e. The Balaban J connectivity index is 4.34. The molecule has 0 radical (unpaired) electrons. The number of rotatable bonds is 43. The van der Waals surface area contributed by atoms with Crippen molar-refractivity contribution in [2.45, 2.75) is 272 Å². The SMILES string of the molecule is CCCCCCCCCCCCCCC(=O)OC[C@@H](COC(=O)CCCCCCCCCCC(C)CC)OC(=O)CCCCCCCCCCCCC(C)C.